The van der Waals surface area contributed by atoms with Crippen LogP contribution in [0.25, 0.3) is 0 Å². The molecule has 0 spiro atoms. The number of rotatable bonds is 6. The first-order chi connectivity index (χ1) is 11.7. The van der Waals surface area contributed by atoms with Gasteiger partial charge in [-0.05, 0) is 54.4 Å². The molecule has 0 fully saturated rings. The summed E-state index contributed by atoms with van der Waals surface area (Å²) >= 11 is 0. The summed E-state index contributed by atoms with van der Waals surface area (Å²) in [6, 6.07) is 22.6. The summed E-state index contributed by atoms with van der Waals surface area (Å²) in [7, 11) is 0. The van der Waals surface area contributed by atoms with Crippen LogP contribution in [0.4, 0.5) is 10.1 Å². The summed E-state index contributed by atoms with van der Waals surface area (Å²) in [5, 5.41) is 3.27. The molecule has 122 valence electrons. The van der Waals surface area contributed by atoms with Crippen molar-refractivity contribution in [3.8, 4) is 5.75 Å². The Balaban J connectivity index is 1.58. The van der Waals surface area contributed by atoms with Gasteiger partial charge < -0.3 is 10.1 Å². The number of ether oxygens (including phenoxy) is 1. The van der Waals surface area contributed by atoms with Gasteiger partial charge in [-0.3, -0.25) is 0 Å². The Kier molecular flexibility index (Phi) is 5.12. The molecule has 0 heterocycles. The Morgan fingerprint density at radius 1 is 0.875 bits per heavy atom. The van der Waals surface area contributed by atoms with E-state index in [2.05, 4.69) is 30.4 Å². The number of anilines is 1. The van der Waals surface area contributed by atoms with Gasteiger partial charge in [0.1, 0.15) is 18.2 Å². The maximum Gasteiger partial charge on any atom is 0.123 e. The molecule has 0 aliphatic carbocycles. The van der Waals surface area contributed by atoms with Gasteiger partial charge >= 0.3 is 0 Å². The normalized spacial score (nSPS) is 10.4. The SMILES string of the molecule is Cc1cccc(COc2cccc(CNc3ccc(F)cc3)c2)c1. The van der Waals surface area contributed by atoms with E-state index < -0.39 is 0 Å². The standard InChI is InChI=1S/C21H20FNO/c1-16-4-2-6-18(12-16)15-24-21-7-3-5-17(13-21)14-23-20-10-8-19(22)9-11-20/h2-13,23H,14-15H2,1H3. The van der Waals surface area contributed by atoms with E-state index in [0.29, 0.717) is 13.2 Å². The van der Waals surface area contributed by atoms with Crippen molar-refractivity contribution in [2.45, 2.75) is 20.1 Å². The lowest BCUT2D eigenvalue weighted by molar-refractivity contribution is 0.306. The first-order valence-electron chi connectivity index (χ1n) is 7.96. The van der Waals surface area contributed by atoms with Crippen LogP contribution in [0, 0.1) is 12.7 Å². The second-order valence-electron chi connectivity index (χ2n) is 5.79. The zero-order valence-electron chi connectivity index (χ0n) is 13.6. The number of hydrogen-bond donors (Lipinski definition) is 1. The van der Waals surface area contributed by atoms with Crippen molar-refractivity contribution in [2.24, 2.45) is 0 Å². The Morgan fingerprint density at radius 3 is 2.42 bits per heavy atom. The van der Waals surface area contributed by atoms with Crippen LogP contribution >= 0.6 is 0 Å². The van der Waals surface area contributed by atoms with Crippen LogP contribution in [0.1, 0.15) is 16.7 Å². The fourth-order valence-corrected chi connectivity index (χ4v) is 2.49. The molecule has 3 heteroatoms. The molecule has 0 radical (unpaired) electrons. The Morgan fingerprint density at radius 2 is 1.62 bits per heavy atom. The van der Waals surface area contributed by atoms with E-state index >= 15 is 0 Å². The minimum absolute atomic E-state index is 0.230. The Bertz CT molecular complexity index is 799. The highest BCUT2D eigenvalue weighted by Crippen LogP contribution is 2.17. The van der Waals surface area contributed by atoms with E-state index in [1.54, 1.807) is 12.1 Å². The molecule has 0 aliphatic heterocycles. The molecule has 0 unspecified atom stereocenters. The fraction of sp³-hybridized carbons (Fsp3) is 0.143. The Labute approximate surface area is 141 Å². The van der Waals surface area contributed by atoms with Crippen molar-refractivity contribution in [3.63, 3.8) is 0 Å². The van der Waals surface area contributed by atoms with Crippen molar-refractivity contribution in [2.75, 3.05) is 5.32 Å². The second kappa shape index (κ2) is 7.64. The second-order valence-corrected chi connectivity index (χ2v) is 5.79. The summed E-state index contributed by atoms with van der Waals surface area (Å²) in [6.07, 6.45) is 0. The summed E-state index contributed by atoms with van der Waals surface area (Å²) in [4.78, 5) is 0. The monoisotopic (exact) mass is 321 g/mol. The molecule has 0 saturated carbocycles. The van der Waals surface area contributed by atoms with E-state index in [9.17, 15) is 4.39 Å². The molecule has 3 aromatic carbocycles. The molecule has 3 rings (SSSR count). The molecular formula is C21H20FNO. The van der Waals surface area contributed by atoms with Crippen molar-refractivity contribution in [1.29, 1.82) is 0 Å². The van der Waals surface area contributed by atoms with Gasteiger partial charge in [-0.25, -0.2) is 4.39 Å². The third kappa shape index (κ3) is 4.59. The van der Waals surface area contributed by atoms with Gasteiger partial charge in [0.25, 0.3) is 0 Å². The van der Waals surface area contributed by atoms with E-state index in [0.717, 1.165) is 22.6 Å². The minimum Gasteiger partial charge on any atom is -0.489 e. The van der Waals surface area contributed by atoms with Crippen LogP contribution < -0.4 is 10.1 Å². The van der Waals surface area contributed by atoms with E-state index in [1.165, 1.54) is 17.7 Å². The van der Waals surface area contributed by atoms with Gasteiger partial charge in [0, 0.05) is 12.2 Å². The molecule has 0 saturated heterocycles. The predicted octanol–water partition coefficient (Wildman–Crippen LogP) is 5.33. The van der Waals surface area contributed by atoms with Gasteiger partial charge in [-0.15, -0.1) is 0 Å². The average molecular weight is 321 g/mol. The molecule has 0 bridgehead atoms. The smallest absolute Gasteiger partial charge is 0.123 e. The highest BCUT2D eigenvalue weighted by atomic mass is 19.1. The maximum absolute atomic E-state index is 12.9. The molecular weight excluding hydrogens is 301 g/mol. The lowest BCUT2D eigenvalue weighted by Crippen LogP contribution is -2.00. The van der Waals surface area contributed by atoms with Crippen LogP contribution in [0.5, 0.6) is 5.75 Å². The first-order valence-corrected chi connectivity index (χ1v) is 7.96. The predicted molar refractivity (Wildman–Crippen MR) is 95.7 cm³/mol. The van der Waals surface area contributed by atoms with Crippen molar-refractivity contribution in [3.05, 3.63) is 95.3 Å². The molecule has 2 nitrogen and oxygen atoms in total. The maximum atomic E-state index is 12.9. The largest absolute Gasteiger partial charge is 0.489 e. The van der Waals surface area contributed by atoms with Crippen LogP contribution in [0.15, 0.2) is 72.8 Å². The highest BCUT2D eigenvalue weighted by Gasteiger charge is 2.00. The molecule has 24 heavy (non-hydrogen) atoms. The summed E-state index contributed by atoms with van der Waals surface area (Å²) in [5.41, 5.74) is 4.39. The molecule has 0 amide bonds. The van der Waals surface area contributed by atoms with Crippen molar-refractivity contribution >= 4 is 5.69 Å². The number of aryl methyl sites for hydroxylation is 1. The average Bonchev–Trinajstić information content (AvgIpc) is 2.60. The number of benzene rings is 3. The van der Waals surface area contributed by atoms with Gasteiger partial charge in [-0.2, -0.15) is 0 Å². The van der Waals surface area contributed by atoms with Gasteiger partial charge in [0.05, 0.1) is 0 Å². The minimum atomic E-state index is -0.230. The first kappa shape index (κ1) is 16.1. The van der Waals surface area contributed by atoms with E-state index in [4.69, 9.17) is 4.74 Å². The molecule has 3 aromatic rings. The van der Waals surface area contributed by atoms with Crippen molar-refractivity contribution in [1.82, 2.24) is 0 Å². The third-order valence-electron chi connectivity index (χ3n) is 3.73. The van der Waals surface area contributed by atoms with E-state index in [1.807, 2.05) is 30.3 Å². The zero-order chi connectivity index (χ0) is 16.8. The Hall–Kier alpha value is -2.81. The number of hydrogen-bond acceptors (Lipinski definition) is 2. The molecule has 0 atom stereocenters. The lowest BCUT2D eigenvalue weighted by atomic mass is 10.1. The van der Waals surface area contributed by atoms with Gasteiger partial charge in [-0.1, -0.05) is 42.0 Å². The summed E-state index contributed by atoms with van der Waals surface area (Å²) in [6.45, 7) is 3.29. The van der Waals surface area contributed by atoms with Crippen molar-refractivity contribution < 1.29 is 9.13 Å². The van der Waals surface area contributed by atoms with Crippen LogP contribution in [-0.2, 0) is 13.2 Å². The van der Waals surface area contributed by atoms with E-state index in [-0.39, 0.29) is 5.82 Å². The van der Waals surface area contributed by atoms with Crippen LogP contribution in [0.2, 0.25) is 0 Å². The molecule has 0 aliphatic rings. The number of halogens is 1. The molecule has 1 N–H and O–H groups in total. The summed E-state index contributed by atoms with van der Waals surface area (Å²) < 4.78 is 18.8. The lowest BCUT2D eigenvalue weighted by Gasteiger charge is -2.10. The summed E-state index contributed by atoms with van der Waals surface area (Å²) in [5.74, 6) is 0.613. The van der Waals surface area contributed by atoms with Crippen LogP contribution in [0.3, 0.4) is 0 Å². The zero-order valence-corrected chi connectivity index (χ0v) is 13.6. The number of nitrogens with one attached hydrogen (secondary N) is 1. The highest BCUT2D eigenvalue weighted by molar-refractivity contribution is 5.44. The topological polar surface area (TPSA) is 21.3 Å². The van der Waals surface area contributed by atoms with Gasteiger partial charge in [0.15, 0.2) is 0 Å². The fourth-order valence-electron chi connectivity index (χ4n) is 2.49. The third-order valence-corrected chi connectivity index (χ3v) is 3.73. The molecule has 0 aromatic heterocycles. The van der Waals surface area contributed by atoms with Crippen LogP contribution in [-0.4, -0.2) is 0 Å². The van der Waals surface area contributed by atoms with Gasteiger partial charge in [0.2, 0.25) is 0 Å². The quantitative estimate of drug-likeness (QED) is 0.663.